The van der Waals surface area contributed by atoms with Gasteiger partial charge in [-0.05, 0) is 147 Å². The van der Waals surface area contributed by atoms with E-state index >= 15 is 0 Å². The predicted molar refractivity (Wildman–Crippen MR) is 436 cm³/mol. The summed E-state index contributed by atoms with van der Waals surface area (Å²) in [7, 11) is -1.49. The standard InChI is InChI=1S/C17H21N.2C11H15NO.C11H16O.C11H16.C10H15NO2S.C10H15N.C10H14/c1-15(2)18(13-16-9-5-3-6-10-16)14-17-11-7-4-8-12-17;1-9(2)11(13)12-8-10-6-4-3-5-7-10;1-9(2)12-11(13)8-10-6-4-3-5-7-10;1-9(2)8-10-4-6-11(12-3)7-5-10;1-10(2)8-9-11-6-4-3-5-7-11;1-9(2)11-14(12,13)8-10-6-4-3-5-7-10;1-9(2)11-8-10-6-4-3-5-7-10;1-9(2)8-10-6-4-3-5-7-10/h3-12,15H,13-14H2,1-2H3;2*3-7,9H,8H2,1-2H3,(H,12,13);4-7,9H,8H2,1-3H3;3-7,10H,8-9H2,1-2H3;3-7,9,11H,8H2,1-2H3;3-7,9,11H,8H2,1-2H3;3-7,9H,8H2,1-2H3. The van der Waals surface area contributed by atoms with Crippen LogP contribution in [0.4, 0.5) is 0 Å². The monoisotopic (exact) mass is 1400 g/mol. The van der Waals surface area contributed by atoms with Gasteiger partial charge in [0.2, 0.25) is 21.8 Å². The Balaban J connectivity index is 0.000000399. The second-order valence-electron chi connectivity index (χ2n) is 28.2. The van der Waals surface area contributed by atoms with Crippen LogP contribution in [0.1, 0.15) is 167 Å². The van der Waals surface area contributed by atoms with Crippen LogP contribution >= 0.6 is 0 Å². The van der Waals surface area contributed by atoms with E-state index in [1.807, 2.05) is 139 Å². The number of nitrogens with zero attached hydrogens (tertiary/aromatic N) is 1. The highest BCUT2D eigenvalue weighted by atomic mass is 32.2. The lowest BCUT2D eigenvalue weighted by Gasteiger charge is -2.26. The van der Waals surface area contributed by atoms with E-state index in [-0.39, 0.29) is 35.6 Å². The van der Waals surface area contributed by atoms with E-state index in [4.69, 9.17) is 4.74 Å². The summed E-state index contributed by atoms with van der Waals surface area (Å²) in [5.74, 6) is 3.53. The van der Waals surface area contributed by atoms with Gasteiger partial charge in [0.15, 0.2) is 0 Å². The molecule has 2 amide bonds. The zero-order valence-corrected chi connectivity index (χ0v) is 65.8. The van der Waals surface area contributed by atoms with Gasteiger partial charge in [-0.1, -0.05) is 324 Å². The van der Waals surface area contributed by atoms with Crippen LogP contribution in [-0.2, 0) is 77.2 Å². The Morgan fingerprint density at radius 1 is 0.382 bits per heavy atom. The van der Waals surface area contributed by atoms with Crippen molar-refractivity contribution < 1.29 is 22.7 Å². The molecule has 0 aliphatic rings. The Bertz CT molecular complexity index is 3470. The molecular formula is C91H127N5O5S. The summed E-state index contributed by atoms with van der Waals surface area (Å²) in [4.78, 5) is 25.0. The molecule has 102 heavy (non-hydrogen) atoms. The molecule has 0 aromatic heterocycles. The van der Waals surface area contributed by atoms with Gasteiger partial charge in [-0.15, -0.1) is 0 Å². The fraction of sp³-hybridized carbons (Fsp3) is 0.385. The minimum Gasteiger partial charge on any atom is -0.497 e. The number of hydrogen-bond acceptors (Lipinski definition) is 7. The summed E-state index contributed by atoms with van der Waals surface area (Å²) in [5.41, 5.74) is 11.4. The molecule has 0 spiro atoms. The number of carbonyl (C=O) groups excluding carboxylic acids is 2. The molecule has 0 fully saturated rings. The van der Waals surface area contributed by atoms with Crippen molar-refractivity contribution in [2.45, 2.75) is 199 Å². The third kappa shape index (κ3) is 48.4. The quantitative estimate of drug-likeness (QED) is 0.0425. The maximum absolute atomic E-state index is 11.5. The maximum atomic E-state index is 11.5. The Morgan fingerprint density at radius 2 is 0.735 bits per heavy atom. The molecule has 9 aromatic rings. The van der Waals surface area contributed by atoms with Crippen LogP contribution in [0, 0.1) is 23.7 Å². The summed E-state index contributed by atoms with van der Waals surface area (Å²) >= 11 is 0. The smallest absolute Gasteiger partial charge is 0.224 e. The average molecular weight is 1400 g/mol. The van der Waals surface area contributed by atoms with Crippen molar-refractivity contribution in [1.82, 2.24) is 25.6 Å². The van der Waals surface area contributed by atoms with Crippen molar-refractivity contribution in [3.63, 3.8) is 0 Å². The van der Waals surface area contributed by atoms with E-state index in [0.29, 0.717) is 25.0 Å². The lowest BCUT2D eigenvalue weighted by molar-refractivity contribution is -0.124. The second kappa shape index (κ2) is 54.3. The largest absolute Gasteiger partial charge is 0.497 e. The van der Waals surface area contributed by atoms with Gasteiger partial charge in [0.1, 0.15) is 5.75 Å². The Labute approximate surface area is 619 Å². The lowest BCUT2D eigenvalue weighted by atomic mass is 10.0. The van der Waals surface area contributed by atoms with E-state index in [0.717, 1.165) is 66.2 Å². The number of ether oxygens (including phenoxy) is 1. The summed E-state index contributed by atoms with van der Waals surface area (Å²) in [5, 5.41) is 9.07. The normalized spacial score (nSPS) is 10.6. The van der Waals surface area contributed by atoms with Gasteiger partial charge >= 0.3 is 0 Å². The van der Waals surface area contributed by atoms with Gasteiger partial charge in [-0.25, -0.2) is 13.1 Å². The van der Waals surface area contributed by atoms with Crippen molar-refractivity contribution in [2.75, 3.05) is 7.11 Å². The highest BCUT2D eigenvalue weighted by Crippen LogP contribution is 2.16. The first kappa shape index (κ1) is 89.6. The van der Waals surface area contributed by atoms with Crippen molar-refractivity contribution in [2.24, 2.45) is 23.7 Å². The van der Waals surface area contributed by atoms with Crippen molar-refractivity contribution >= 4 is 21.8 Å². The molecule has 11 heteroatoms. The molecule has 10 nitrogen and oxygen atoms in total. The highest BCUT2D eigenvalue weighted by molar-refractivity contribution is 7.88. The van der Waals surface area contributed by atoms with Crippen molar-refractivity contribution in [3.8, 4) is 5.75 Å². The molecule has 9 aromatic carbocycles. The minimum atomic E-state index is -3.18. The van der Waals surface area contributed by atoms with Crippen molar-refractivity contribution in [1.29, 1.82) is 0 Å². The molecule has 0 saturated carbocycles. The Morgan fingerprint density at radius 3 is 1.08 bits per heavy atom. The number of benzene rings is 9. The van der Waals surface area contributed by atoms with Gasteiger partial charge in [-0.3, -0.25) is 14.5 Å². The number of hydrogen-bond donors (Lipinski definition) is 4. The first-order chi connectivity index (χ1) is 48.7. The number of carbonyl (C=O) groups is 2. The minimum absolute atomic E-state index is 0.0476. The summed E-state index contributed by atoms with van der Waals surface area (Å²) in [6, 6.07) is 91.4. The van der Waals surface area contributed by atoms with Gasteiger partial charge in [0, 0.05) is 56.3 Å². The van der Waals surface area contributed by atoms with Gasteiger partial charge in [0.25, 0.3) is 0 Å². The van der Waals surface area contributed by atoms with Crippen LogP contribution in [0.5, 0.6) is 5.75 Å². The lowest BCUT2D eigenvalue weighted by Crippen LogP contribution is -2.31. The molecular weight excluding hydrogens is 1280 g/mol. The molecule has 0 radical (unpaired) electrons. The van der Waals surface area contributed by atoms with E-state index in [1.165, 1.54) is 52.6 Å². The fourth-order valence-corrected chi connectivity index (χ4v) is 11.2. The molecule has 0 heterocycles. The number of methoxy groups -OCH3 is 1. The predicted octanol–water partition coefficient (Wildman–Crippen LogP) is 20.6. The van der Waals surface area contributed by atoms with Crippen LogP contribution in [0.15, 0.2) is 267 Å². The first-order valence-corrected chi connectivity index (χ1v) is 38.4. The molecule has 0 bridgehead atoms. The van der Waals surface area contributed by atoms with Gasteiger partial charge in [0.05, 0.1) is 19.3 Å². The van der Waals surface area contributed by atoms with E-state index in [1.54, 1.807) is 19.2 Å². The molecule has 0 unspecified atom stereocenters. The molecule has 0 atom stereocenters. The summed E-state index contributed by atoms with van der Waals surface area (Å²) in [6.07, 6.45) is 5.33. The molecule has 0 aliphatic heterocycles. The molecule has 0 saturated heterocycles. The van der Waals surface area contributed by atoms with E-state index in [9.17, 15) is 18.0 Å². The zero-order chi connectivity index (χ0) is 75.3. The zero-order valence-electron chi connectivity index (χ0n) is 65.0. The van der Waals surface area contributed by atoms with Crippen LogP contribution in [0.3, 0.4) is 0 Å². The van der Waals surface area contributed by atoms with Gasteiger partial charge in [-0.2, -0.15) is 0 Å². The summed E-state index contributed by atoms with van der Waals surface area (Å²) < 4.78 is 30.6. The number of aryl methyl sites for hydroxylation is 1. The molecule has 4 N–H and O–H groups in total. The SMILES string of the molecule is CC(C)C(=O)NCc1ccccc1.CC(C)CCc1ccccc1.CC(C)Cc1ccccc1.CC(C)N(Cc1ccccc1)Cc1ccccc1.CC(C)NC(=O)Cc1ccccc1.CC(C)NCc1ccccc1.CC(C)NS(=O)(=O)Cc1ccccc1.COc1ccc(CC(C)C)cc1. The first-order valence-electron chi connectivity index (χ1n) is 36.7. The Hall–Kier alpha value is -8.45. The van der Waals surface area contributed by atoms with Crippen LogP contribution < -0.4 is 25.4 Å². The topological polar surface area (TPSA) is 129 Å². The third-order valence-corrected chi connectivity index (χ3v) is 16.5. The van der Waals surface area contributed by atoms with Crippen LogP contribution in [-0.4, -0.2) is 56.4 Å². The summed E-state index contributed by atoms with van der Waals surface area (Å²) in [6.45, 7) is 37.2. The third-order valence-electron chi connectivity index (χ3n) is 15.0. The van der Waals surface area contributed by atoms with Crippen LogP contribution in [0.25, 0.3) is 0 Å². The van der Waals surface area contributed by atoms with Crippen LogP contribution in [0.2, 0.25) is 0 Å². The molecule has 9 rings (SSSR count). The van der Waals surface area contributed by atoms with E-state index in [2.05, 4.69) is 253 Å². The molecule has 552 valence electrons. The maximum Gasteiger partial charge on any atom is 0.224 e. The number of rotatable bonds is 26. The van der Waals surface area contributed by atoms with E-state index < -0.39 is 10.0 Å². The number of amides is 2. The van der Waals surface area contributed by atoms with Crippen molar-refractivity contribution in [3.05, 3.63) is 317 Å². The molecule has 0 aliphatic carbocycles. The number of sulfonamides is 1. The second-order valence-corrected chi connectivity index (χ2v) is 30.0. The fourth-order valence-electron chi connectivity index (χ4n) is 9.73. The average Bonchev–Trinajstić information content (AvgIpc) is 0.897. The van der Waals surface area contributed by atoms with Gasteiger partial charge < -0.3 is 20.7 Å². The Kier molecular flexibility index (Phi) is 47.7. The highest BCUT2D eigenvalue weighted by Gasteiger charge is 2.13. The number of nitrogens with one attached hydrogen (secondary N) is 4.